The maximum Gasteiger partial charge on any atom is 0.269 e. The van der Waals surface area contributed by atoms with E-state index in [-0.39, 0.29) is 12.3 Å². The summed E-state index contributed by atoms with van der Waals surface area (Å²) < 4.78 is 10.9. The number of hydrogen-bond acceptors (Lipinski definition) is 6. The first kappa shape index (κ1) is 22.6. The van der Waals surface area contributed by atoms with Crippen LogP contribution in [0.1, 0.15) is 29.4 Å². The fourth-order valence-corrected chi connectivity index (χ4v) is 3.83. The summed E-state index contributed by atoms with van der Waals surface area (Å²) in [6.45, 7) is 2.55. The van der Waals surface area contributed by atoms with Crippen LogP contribution in [0.5, 0.6) is 11.5 Å². The Morgan fingerprint density at radius 1 is 1.13 bits per heavy atom. The molecule has 31 heavy (non-hydrogen) atoms. The highest BCUT2D eigenvalue weighted by Crippen LogP contribution is 2.30. The van der Waals surface area contributed by atoms with E-state index in [1.165, 1.54) is 18.4 Å². The number of carbonyl (C=O) groups is 2. The second-order valence-electron chi connectivity index (χ2n) is 6.52. The second-order valence-corrected chi connectivity index (χ2v) is 7.78. The highest BCUT2D eigenvalue weighted by molar-refractivity contribution is 7.13. The van der Waals surface area contributed by atoms with E-state index in [0.29, 0.717) is 34.4 Å². The third kappa shape index (κ3) is 5.96. The molecule has 2 aromatic carbocycles. The van der Waals surface area contributed by atoms with E-state index < -0.39 is 5.91 Å². The van der Waals surface area contributed by atoms with Crippen LogP contribution < -0.4 is 20.3 Å². The van der Waals surface area contributed by atoms with Gasteiger partial charge >= 0.3 is 0 Å². The van der Waals surface area contributed by atoms with E-state index in [9.17, 15) is 9.59 Å². The molecule has 0 radical (unpaired) electrons. The smallest absolute Gasteiger partial charge is 0.269 e. The Balaban J connectivity index is 1.56. The van der Waals surface area contributed by atoms with Gasteiger partial charge in [0.15, 0.2) is 11.5 Å². The Bertz CT molecular complexity index is 1070. The number of benzene rings is 2. The van der Waals surface area contributed by atoms with Gasteiger partial charge in [-0.2, -0.15) is 0 Å². The van der Waals surface area contributed by atoms with Gasteiger partial charge < -0.3 is 9.47 Å². The van der Waals surface area contributed by atoms with Gasteiger partial charge in [-0.25, -0.2) is 4.98 Å². The number of hydrazine groups is 1. The number of thiazole rings is 1. The molecular weight excluding hydrogens is 438 g/mol. The summed E-state index contributed by atoms with van der Waals surface area (Å²) in [5, 5.41) is 3.12. The van der Waals surface area contributed by atoms with E-state index in [1.54, 1.807) is 29.6 Å². The quantitative estimate of drug-likeness (QED) is 0.491. The van der Waals surface area contributed by atoms with Crippen molar-refractivity contribution in [2.24, 2.45) is 0 Å². The molecule has 2 amide bonds. The first-order valence-electron chi connectivity index (χ1n) is 9.61. The predicted molar refractivity (Wildman–Crippen MR) is 121 cm³/mol. The number of methoxy groups -OCH3 is 1. The molecule has 7 nitrogen and oxygen atoms in total. The SMILES string of the molecule is CCCOc1ccc(C(=O)NNC(=O)Cc2csc(-c3ccccc3Cl)n2)cc1OC. The van der Waals surface area contributed by atoms with Crippen molar-refractivity contribution in [2.45, 2.75) is 19.8 Å². The molecule has 2 N–H and O–H groups in total. The zero-order valence-corrected chi connectivity index (χ0v) is 18.7. The number of rotatable bonds is 8. The number of aromatic nitrogens is 1. The standard InChI is InChI=1S/C22H22ClN3O4S/c1-3-10-30-18-9-8-14(11-19(18)29-2)21(28)26-25-20(27)12-15-13-31-22(24-15)16-6-4-5-7-17(16)23/h4-9,11,13H,3,10,12H2,1-2H3,(H,25,27)(H,26,28). The molecule has 0 aliphatic heterocycles. The van der Waals surface area contributed by atoms with E-state index in [1.807, 2.05) is 25.1 Å². The molecule has 3 rings (SSSR count). The minimum Gasteiger partial charge on any atom is -0.493 e. The lowest BCUT2D eigenvalue weighted by atomic mass is 10.2. The van der Waals surface area contributed by atoms with Gasteiger partial charge in [-0.05, 0) is 30.7 Å². The summed E-state index contributed by atoms with van der Waals surface area (Å²) in [4.78, 5) is 29.0. The zero-order valence-electron chi connectivity index (χ0n) is 17.1. The van der Waals surface area contributed by atoms with Crippen LogP contribution in [0.15, 0.2) is 47.8 Å². The number of amides is 2. The van der Waals surface area contributed by atoms with Gasteiger partial charge in [0, 0.05) is 16.5 Å². The van der Waals surface area contributed by atoms with Gasteiger partial charge in [0.25, 0.3) is 5.91 Å². The van der Waals surface area contributed by atoms with Crippen LogP contribution in [0.4, 0.5) is 0 Å². The lowest BCUT2D eigenvalue weighted by molar-refractivity contribution is -0.121. The summed E-state index contributed by atoms with van der Waals surface area (Å²) in [6, 6.07) is 12.2. The fourth-order valence-electron chi connectivity index (χ4n) is 2.69. The minimum absolute atomic E-state index is 0.0222. The minimum atomic E-state index is -0.469. The fraction of sp³-hybridized carbons (Fsp3) is 0.227. The summed E-state index contributed by atoms with van der Waals surface area (Å²) in [5.74, 6) is 0.146. The Labute approximate surface area is 189 Å². The molecule has 0 saturated heterocycles. The molecule has 0 bridgehead atoms. The Kier molecular flexibility index (Phi) is 7.86. The van der Waals surface area contributed by atoms with Crippen molar-refractivity contribution >= 4 is 34.8 Å². The normalized spacial score (nSPS) is 10.4. The molecule has 0 unspecified atom stereocenters. The number of nitrogens with one attached hydrogen (secondary N) is 2. The first-order valence-corrected chi connectivity index (χ1v) is 10.9. The van der Waals surface area contributed by atoms with Gasteiger partial charge in [-0.1, -0.05) is 36.7 Å². The van der Waals surface area contributed by atoms with E-state index in [4.69, 9.17) is 21.1 Å². The van der Waals surface area contributed by atoms with Gasteiger partial charge in [0.1, 0.15) is 5.01 Å². The highest BCUT2D eigenvalue weighted by Gasteiger charge is 2.14. The van der Waals surface area contributed by atoms with Gasteiger partial charge in [-0.3, -0.25) is 20.4 Å². The largest absolute Gasteiger partial charge is 0.493 e. The second kappa shape index (κ2) is 10.8. The lowest BCUT2D eigenvalue weighted by Gasteiger charge is -2.12. The van der Waals surface area contributed by atoms with Crippen molar-refractivity contribution in [3.8, 4) is 22.1 Å². The molecule has 9 heteroatoms. The molecule has 0 saturated carbocycles. The van der Waals surface area contributed by atoms with Crippen molar-refractivity contribution in [3.05, 3.63) is 64.1 Å². The van der Waals surface area contributed by atoms with Crippen LogP contribution in [-0.2, 0) is 11.2 Å². The van der Waals surface area contributed by atoms with E-state index in [2.05, 4.69) is 15.8 Å². The number of halogens is 1. The molecule has 3 aromatic rings. The van der Waals surface area contributed by atoms with Crippen molar-refractivity contribution < 1.29 is 19.1 Å². The van der Waals surface area contributed by atoms with Crippen LogP contribution in [0.2, 0.25) is 5.02 Å². The topological polar surface area (TPSA) is 89.6 Å². The summed E-state index contributed by atoms with van der Waals surface area (Å²) in [6.07, 6.45) is 0.880. The van der Waals surface area contributed by atoms with Gasteiger partial charge in [-0.15, -0.1) is 11.3 Å². The molecule has 1 aromatic heterocycles. The van der Waals surface area contributed by atoms with Crippen LogP contribution in [0.3, 0.4) is 0 Å². The summed E-state index contributed by atoms with van der Waals surface area (Å²) >= 11 is 7.60. The molecule has 0 aliphatic rings. The molecule has 0 aliphatic carbocycles. The van der Waals surface area contributed by atoms with Gasteiger partial charge in [0.05, 0.1) is 30.9 Å². The van der Waals surface area contributed by atoms with Crippen LogP contribution in [0.25, 0.3) is 10.6 Å². The molecule has 1 heterocycles. The van der Waals surface area contributed by atoms with E-state index in [0.717, 1.165) is 17.0 Å². The molecular formula is C22H22ClN3O4S. The first-order chi connectivity index (χ1) is 15.0. The molecule has 0 spiro atoms. The van der Waals surface area contributed by atoms with Crippen molar-refractivity contribution in [1.82, 2.24) is 15.8 Å². The maximum absolute atomic E-state index is 12.4. The van der Waals surface area contributed by atoms with Crippen LogP contribution >= 0.6 is 22.9 Å². The summed E-state index contributed by atoms with van der Waals surface area (Å²) in [7, 11) is 1.50. The monoisotopic (exact) mass is 459 g/mol. The van der Waals surface area contributed by atoms with Crippen LogP contribution in [-0.4, -0.2) is 30.5 Å². The molecule has 0 fully saturated rings. The average molecular weight is 460 g/mol. The lowest BCUT2D eigenvalue weighted by Crippen LogP contribution is -2.42. The third-order valence-corrected chi connectivity index (χ3v) is 5.45. The van der Waals surface area contributed by atoms with E-state index >= 15 is 0 Å². The zero-order chi connectivity index (χ0) is 22.2. The maximum atomic E-state index is 12.4. The molecule has 162 valence electrons. The Morgan fingerprint density at radius 3 is 2.68 bits per heavy atom. The number of ether oxygens (including phenoxy) is 2. The highest BCUT2D eigenvalue weighted by atomic mass is 35.5. The molecule has 0 atom stereocenters. The average Bonchev–Trinajstić information content (AvgIpc) is 3.24. The number of nitrogens with zero attached hydrogens (tertiary/aromatic N) is 1. The van der Waals surface area contributed by atoms with Gasteiger partial charge in [0.2, 0.25) is 5.91 Å². The van der Waals surface area contributed by atoms with Crippen LogP contribution in [0, 0.1) is 0 Å². The van der Waals surface area contributed by atoms with Crippen molar-refractivity contribution in [1.29, 1.82) is 0 Å². The Morgan fingerprint density at radius 2 is 1.94 bits per heavy atom. The number of hydrogen-bond donors (Lipinski definition) is 2. The Hall–Kier alpha value is -3.10. The summed E-state index contributed by atoms with van der Waals surface area (Å²) in [5.41, 5.74) is 6.54. The number of carbonyl (C=O) groups excluding carboxylic acids is 2. The third-order valence-electron chi connectivity index (χ3n) is 4.20. The predicted octanol–water partition coefficient (Wildman–Crippen LogP) is 4.26. The van der Waals surface area contributed by atoms with Crippen molar-refractivity contribution in [3.63, 3.8) is 0 Å². The van der Waals surface area contributed by atoms with Crippen molar-refractivity contribution in [2.75, 3.05) is 13.7 Å².